The van der Waals surface area contributed by atoms with Crippen LogP contribution in [0.3, 0.4) is 0 Å². The number of halogens is 5. The Morgan fingerprint density at radius 1 is 1.05 bits per heavy atom. The predicted octanol–water partition coefficient (Wildman–Crippen LogP) is 4.61. The van der Waals surface area contributed by atoms with Gasteiger partial charge in [-0.2, -0.15) is 13.2 Å². The molecule has 0 saturated carbocycles. The third kappa shape index (κ3) is 9.52. The number of benzene rings is 2. The van der Waals surface area contributed by atoms with Gasteiger partial charge < -0.3 is 30.9 Å². The van der Waals surface area contributed by atoms with Gasteiger partial charge >= 0.3 is 18.1 Å². The van der Waals surface area contributed by atoms with Crippen LogP contribution in [0.4, 0.5) is 18.9 Å². The summed E-state index contributed by atoms with van der Waals surface area (Å²) in [4.78, 5) is 52.7. The van der Waals surface area contributed by atoms with Crippen molar-refractivity contribution >= 4 is 58.5 Å². The molecule has 0 spiro atoms. The third-order valence-corrected chi connectivity index (χ3v) is 6.34. The Balaban J connectivity index is 1.78. The fourth-order valence-electron chi connectivity index (χ4n) is 3.94. The molecule has 5 N–H and O–H groups in total. The molecule has 0 aliphatic carbocycles. The van der Waals surface area contributed by atoms with Gasteiger partial charge in [-0.15, -0.1) is 0 Å². The lowest BCUT2D eigenvalue weighted by Gasteiger charge is -2.20. The van der Waals surface area contributed by atoms with Gasteiger partial charge in [-0.05, 0) is 37.1 Å². The van der Waals surface area contributed by atoms with E-state index in [1.807, 2.05) is 0 Å². The Labute approximate surface area is 247 Å². The molecule has 0 fully saturated rings. The summed E-state index contributed by atoms with van der Waals surface area (Å²) in [6.45, 7) is -0.165. The third-order valence-electron chi connectivity index (χ3n) is 5.83. The highest BCUT2D eigenvalue weighted by atomic mass is 35.5. The van der Waals surface area contributed by atoms with Crippen molar-refractivity contribution in [1.29, 1.82) is 0 Å². The second-order valence-electron chi connectivity index (χ2n) is 9.12. The lowest BCUT2D eigenvalue weighted by molar-refractivity contribution is -0.189. The van der Waals surface area contributed by atoms with E-state index in [9.17, 15) is 42.6 Å². The number of amidine groups is 1. The first kappa shape index (κ1) is 32.5. The number of ether oxygens (including phenoxy) is 1. The number of hydrogen-bond acceptors (Lipinski definition) is 8. The molecule has 1 aliphatic rings. The Hall–Kier alpha value is -4.04. The second kappa shape index (κ2) is 14.2. The molecule has 42 heavy (non-hydrogen) atoms. The fraction of sp³-hybridized carbons (Fsp3) is 0.346. The van der Waals surface area contributed by atoms with Gasteiger partial charge in [-0.25, -0.2) is 4.79 Å². The van der Waals surface area contributed by atoms with Crippen LogP contribution in [-0.4, -0.2) is 59.1 Å². The molecule has 11 nitrogen and oxygen atoms in total. The smallest absolute Gasteiger partial charge is 0.491 e. The molecule has 1 heterocycles. The zero-order valence-electron chi connectivity index (χ0n) is 21.7. The lowest BCUT2D eigenvalue weighted by atomic mass is 10.0. The summed E-state index contributed by atoms with van der Waals surface area (Å²) in [5.74, 6) is -6.18. The number of phenols is 1. The van der Waals surface area contributed by atoms with E-state index in [0.717, 1.165) is 31.4 Å². The van der Waals surface area contributed by atoms with Crippen molar-refractivity contribution in [2.45, 2.75) is 44.3 Å². The van der Waals surface area contributed by atoms with Crippen molar-refractivity contribution in [3.05, 3.63) is 51.5 Å². The molecule has 1 aliphatic heterocycles. The highest BCUT2D eigenvalue weighted by Gasteiger charge is 2.41. The number of phenolic OH excluding ortho intramolecular Hbond substituents is 1. The molecule has 1 atom stereocenters. The van der Waals surface area contributed by atoms with Gasteiger partial charge in [0.05, 0.1) is 24.0 Å². The first-order chi connectivity index (χ1) is 19.7. The van der Waals surface area contributed by atoms with Gasteiger partial charge in [-0.3, -0.25) is 19.4 Å². The number of carbonyl (C=O) groups is 4. The number of carbonyl (C=O) groups excluding carboxylic acids is 3. The summed E-state index contributed by atoms with van der Waals surface area (Å²) >= 11 is 11.8. The van der Waals surface area contributed by atoms with E-state index < -0.39 is 60.4 Å². The van der Waals surface area contributed by atoms with Gasteiger partial charge in [-0.1, -0.05) is 29.6 Å². The van der Waals surface area contributed by atoms with Crippen molar-refractivity contribution in [2.24, 2.45) is 4.99 Å². The quantitative estimate of drug-likeness (QED) is 0.197. The molecule has 0 unspecified atom stereocenters. The summed E-state index contributed by atoms with van der Waals surface area (Å²) in [5.41, 5.74) is -0.216. The minimum Gasteiger partial charge on any atom is -0.506 e. The van der Waals surface area contributed by atoms with Crippen LogP contribution in [0.25, 0.3) is 0 Å². The maximum Gasteiger partial charge on any atom is 0.491 e. The summed E-state index contributed by atoms with van der Waals surface area (Å²) in [6.07, 6.45) is -2.79. The lowest BCUT2D eigenvalue weighted by Crippen LogP contribution is -2.39. The average Bonchev–Trinajstić information content (AvgIpc) is 3.16. The van der Waals surface area contributed by atoms with E-state index in [-0.39, 0.29) is 26.9 Å². The number of alkyl halides is 3. The minimum atomic E-state index is -5.29. The number of aromatic hydroxyl groups is 1. The number of aliphatic carboxylic acids is 1. The molecule has 0 bridgehead atoms. The Kier molecular flexibility index (Phi) is 11.0. The molecule has 226 valence electrons. The number of nitrogens with one attached hydrogen (secondary N) is 3. The van der Waals surface area contributed by atoms with E-state index in [1.54, 1.807) is 0 Å². The molecule has 0 aromatic heterocycles. The van der Waals surface area contributed by atoms with Gasteiger partial charge in [0.15, 0.2) is 0 Å². The highest BCUT2D eigenvalue weighted by molar-refractivity contribution is 6.35. The fourth-order valence-corrected chi connectivity index (χ4v) is 4.45. The summed E-state index contributed by atoms with van der Waals surface area (Å²) in [6, 6.07) is 4.40. The maximum atomic E-state index is 12.9. The van der Waals surface area contributed by atoms with Gasteiger partial charge in [0.25, 0.3) is 5.91 Å². The van der Waals surface area contributed by atoms with Crippen LogP contribution in [0.15, 0.2) is 35.3 Å². The van der Waals surface area contributed by atoms with Crippen molar-refractivity contribution in [1.82, 2.24) is 10.6 Å². The zero-order valence-corrected chi connectivity index (χ0v) is 23.2. The van der Waals surface area contributed by atoms with Crippen LogP contribution in [0.1, 0.15) is 54.1 Å². The van der Waals surface area contributed by atoms with E-state index in [2.05, 4.69) is 25.7 Å². The monoisotopic (exact) mass is 632 g/mol. The Morgan fingerprint density at radius 2 is 1.79 bits per heavy atom. The number of nitrogens with zero attached hydrogens (tertiary/aromatic N) is 1. The Bertz CT molecular complexity index is 1400. The number of esters is 1. The van der Waals surface area contributed by atoms with E-state index in [1.165, 1.54) is 18.2 Å². The molecular weight excluding hydrogens is 608 g/mol. The molecule has 0 saturated heterocycles. The van der Waals surface area contributed by atoms with Crippen LogP contribution in [-0.2, 0) is 14.4 Å². The number of rotatable bonds is 9. The first-order valence-electron chi connectivity index (χ1n) is 12.4. The number of anilines is 1. The normalized spacial score (nSPS) is 14.2. The van der Waals surface area contributed by atoms with Crippen LogP contribution in [0.2, 0.25) is 10.0 Å². The van der Waals surface area contributed by atoms with E-state index in [4.69, 9.17) is 23.2 Å². The number of carboxylic acid groups (broad SMARTS) is 1. The van der Waals surface area contributed by atoms with Crippen molar-refractivity contribution in [3.8, 4) is 11.5 Å². The van der Waals surface area contributed by atoms with Crippen LogP contribution in [0, 0.1) is 0 Å². The van der Waals surface area contributed by atoms with Crippen LogP contribution in [0.5, 0.6) is 11.5 Å². The van der Waals surface area contributed by atoms with Crippen LogP contribution >= 0.6 is 23.2 Å². The number of hydrogen-bond donors (Lipinski definition) is 5. The van der Waals surface area contributed by atoms with Crippen molar-refractivity contribution < 1.29 is 47.3 Å². The van der Waals surface area contributed by atoms with Crippen molar-refractivity contribution in [3.63, 3.8) is 0 Å². The van der Waals surface area contributed by atoms with Gasteiger partial charge in [0.1, 0.15) is 17.3 Å². The zero-order chi connectivity index (χ0) is 31.0. The Morgan fingerprint density at radius 3 is 2.48 bits per heavy atom. The second-order valence-corrected chi connectivity index (χ2v) is 9.97. The average molecular weight is 633 g/mol. The molecular formula is C26H25Cl2F3N4O7. The number of carboxylic acids is 1. The predicted molar refractivity (Wildman–Crippen MR) is 146 cm³/mol. The summed E-state index contributed by atoms with van der Waals surface area (Å²) < 4.78 is 42.8. The summed E-state index contributed by atoms with van der Waals surface area (Å²) in [7, 11) is 0. The van der Waals surface area contributed by atoms with E-state index >= 15 is 0 Å². The molecule has 3 rings (SSSR count). The SMILES string of the molecule is O=C(O)C[C@@H](NC(=O)CNC(=O)c1cc(NC2=NCCCCC2)cc(OC(=O)C(F)(F)F)c1)c1cc(Cl)cc(Cl)c1O. The van der Waals surface area contributed by atoms with Gasteiger partial charge in [0, 0.05) is 40.9 Å². The van der Waals surface area contributed by atoms with E-state index in [0.29, 0.717) is 18.8 Å². The molecule has 16 heteroatoms. The van der Waals surface area contributed by atoms with Crippen LogP contribution < -0.4 is 20.7 Å². The molecule has 2 aromatic carbocycles. The molecule has 2 amide bonds. The largest absolute Gasteiger partial charge is 0.506 e. The van der Waals surface area contributed by atoms with Gasteiger partial charge in [0.2, 0.25) is 5.91 Å². The molecule has 2 aromatic rings. The number of aliphatic imine (C=N–C) groups is 1. The standard InChI is InChI=1S/C26H25Cl2F3N4O7/c27-14-8-17(23(39)18(28)9-14)19(11-22(37)38)35-21(36)12-33-24(40)13-6-15(34-20-4-2-1-3-5-32-20)10-16(7-13)42-25(41)26(29,30)31/h6-10,19,39H,1-5,11-12H2,(H,32,34)(H,33,40)(H,35,36)(H,37,38)/t19-/m1/s1. The summed E-state index contributed by atoms with van der Waals surface area (Å²) in [5, 5.41) is 27.0. The van der Waals surface area contributed by atoms with Crippen molar-refractivity contribution in [2.75, 3.05) is 18.4 Å². The highest BCUT2D eigenvalue weighted by Crippen LogP contribution is 2.36. The topological polar surface area (TPSA) is 166 Å². The maximum absolute atomic E-state index is 12.9. The number of amides is 2. The molecule has 0 radical (unpaired) electrons. The minimum absolute atomic E-state index is 0.0658. The first-order valence-corrected chi connectivity index (χ1v) is 13.2.